The van der Waals surface area contributed by atoms with E-state index >= 15 is 0 Å². The molecule has 0 saturated carbocycles. The number of benzene rings is 1. The first-order valence-corrected chi connectivity index (χ1v) is 3.83. The second-order valence-electron chi connectivity index (χ2n) is 2.50. The van der Waals surface area contributed by atoms with Gasteiger partial charge in [0, 0.05) is 18.2 Å². The Hall–Kier alpha value is -1.29. The molecule has 0 bridgehead atoms. The van der Waals surface area contributed by atoms with Gasteiger partial charge in [-0.05, 0) is 6.07 Å². The van der Waals surface area contributed by atoms with Gasteiger partial charge in [0.15, 0.2) is 11.6 Å². The molecule has 0 fully saturated rings. The third kappa shape index (κ3) is 1.89. The maximum atomic E-state index is 13.1. The van der Waals surface area contributed by atoms with Crippen LogP contribution >= 0.6 is 0 Å². The summed E-state index contributed by atoms with van der Waals surface area (Å²) in [5, 5.41) is 0. The first-order valence-electron chi connectivity index (χ1n) is 3.83. The van der Waals surface area contributed by atoms with Crippen molar-refractivity contribution in [3.8, 4) is 11.5 Å². The number of hydrogen-bond donors (Lipinski definition) is 1. The molecule has 0 radical (unpaired) electrons. The predicted octanol–water partition coefficient (Wildman–Crippen LogP) is 1.30. The summed E-state index contributed by atoms with van der Waals surface area (Å²) in [6.45, 7) is 0.291. The average molecular weight is 185 g/mol. The van der Waals surface area contributed by atoms with E-state index in [0.29, 0.717) is 12.3 Å². The van der Waals surface area contributed by atoms with Crippen LogP contribution in [0.4, 0.5) is 4.39 Å². The lowest BCUT2D eigenvalue weighted by Gasteiger charge is -2.09. The van der Waals surface area contributed by atoms with Crippen molar-refractivity contribution in [1.82, 2.24) is 0 Å². The van der Waals surface area contributed by atoms with Crippen LogP contribution in [0.25, 0.3) is 0 Å². The monoisotopic (exact) mass is 185 g/mol. The van der Waals surface area contributed by atoms with E-state index in [0.717, 1.165) is 5.56 Å². The van der Waals surface area contributed by atoms with E-state index in [4.69, 9.17) is 15.2 Å². The Morgan fingerprint density at radius 1 is 1.23 bits per heavy atom. The molecule has 0 aliphatic heterocycles. The zero-order valence-corrected chi connectivity index (χ0v) is 7.63. The lowest BCUT2D eigenvalue weighted by atomic mass is 10.2. The van der Waals surface area contributed by atoms with E-state index in [9.17, 15) is 4.39 Å². The number of rotatable bonds is 3. The lowest BCUT2D eigenvalue weighted by molar-refractivity contribution is 0.374. The lowest BCUT2D eigenvalue weighted by Crippen LogP contribution is -2.01. The van der Waals surface area contributed by atoms with Crippen molar-refractivity contribution in [2.24, 2.45) is 5.73 Å². The molecule has 1 rings (SSSR count). The molecule has 4 heteroatoms. The largest absolute Gasteiger partial charge is 0.496 e. The van der Waals surface area contributed by atoms with Crippen molar-refractivity contribution in [3.05, 3.63) is 23.5 Å². The van der Waals surface area contributed by atoms with Crippen LogP contribution < -0.4 is 15.2 Å². The Morgan fingerprint density at radius 3 is 2.31 bits per heavy atom. The highest BCUT2D eigenvalue weighted by Gasteiger charge is 2.09. The van der Waals surface area contributed by atoms with Crippen LogP contribution in [0.1, 0.15) is 5.56 Å². The van der Waals surface area contributed by atoms with Crippen LogP contribution in [0.15, 0.2) is 12.1 Å². The van der Waals surface area contributed by atoms with Gasteiger partial charge in [-0.3, -0.25) is 0 Å². The summed E-state index contributed by atoms with van der Waals surface area (Å²) in [6.07, 6.45) is 0. The molecule has 0 unspecified atom stereocenters. The minimum Gasteiger partial charge on any atom is -0.496 e. The van der Waals surface area contributed by atoms with Gasteiger partial charge in [-0.15, -0.1) is 0 Å². The summed E-state index contributed by atoms with van der Waals surface area (Å²) < 4.78 is 22.8. The van der Waals surface area contributed by atoms with Crippen LogP contribution in [-0.2, 0) is 6.54 Å². The molecule has 72 valence electrons. The minimum atomic E-state index is -0.448. The Morgan fingerprint density at radius 2 is 1.85 bits per heavy atom. The van der Waals surface area contributed by atoms with Crippen LogP contribution in [0.3, 0.4) is 0 Å². The molecule has 0 saturated heterocycles. The Balaban J connectivity index is 3.18. The smallest absolute Gasteiger partial charge is 0.168 e. The van der Waals surface area contributed by atoms with Gasteiger partial charge in [-0.25, -0.2) is 4.39 Å². The summed E-state index contributed by atoms with van der Waals surface area (Å²) in [6, 6.07) is 2.80. The minimum absolute atomic E-state index is 0.182. The van der Waals surface area contributed by atoms with E-state index in [-0.39, 0.29) is 5.75 Å². The Bertz CT molecular complexity index is 302. The van der Waals surface area contributed by atoms with Crippen molar-refractivity contribution in [3.63, 3.8) is 0 Å². The third-order valence-electron chi connectivity index (χ3n) is 1.77. The molecule has 0 aliphatic carbocycles. The molecule has 1 aromatic rings. The molecule has 0 aromatic heterocycles. The fourth-order valence-corrected chi connectivity index (χ4v) is 1.08. The van der Waals surface area contributed by atoms with Crippen molar-refractivity contribution in [1.29, 1.82) is 0 Å². The number of hydrogen-bond acceptors (Lipinski definition) is 3. The van der Waals surface area contributed by atoms with Crippen LogP contribution in [0, 0.1) is 5.82 Å². The Labute approximate surface area is 76.3 Å². The second kappa shape index (κ2) is 4.09. The van der Waals surface area contributed by atoms with Crippen LogP contribution in [0.2, 0.25) is 0 Å². The van der Waals surface area contributed by atoms with Gasteiger partial charge in [0.05, 0.1) is 14.2 Å². The summed E-state index contributed by atoms with van der Waals surface area (Å²) in [5.41, 5.74) is 6.16. The highest BCUT2D eigenvalue weighted by Crippen LogP contribution is 2.26. The molecule has 0 heterocycles. The van der Waals surface area contributed by atoms with Crippen molar-refractivity contribution in [2.45, 2.75) is 6.54 Å². The molecular weight excluding hydrogens is 173 g/mol. The molecule has 1 aromatic carbocycles. The van der Waals surface area contributed by atoms with Crippen LogP contribution in [-0.4, -0.2) is 14.2 Å². The zero-order valence-electron chi connectivity index (χ0n) is 7.63. The van der Waals surface area contributed by atoms with E-state index in [1.54, 1.807) is 0 Å². The molecule has 0 amide bonds. The molecule has 0 aliphatic rings. The van der Waals surface area contributed by atoms with Gasteiger partial charge in [0.2, 0.25) is 0 Å². The fourth-order valence-electron chi connectivity index (χ4n) is 1.08. The van der Waals surface area contributed by atoms with Crippen LogP contribution in [0.5, 0.6) is 11.5 Å². The summed E-state index contributed by atoms with van der Waals surface area (Å²) >= 11 is 0. The van der Waals surface area contributed by atoms with E-state index < -0.39 is 5.82 Å². The molecule has 0 spiro atoms. The van der Waals surface area contributed by atoms with E-state index in [2.05, 4.69) is 0 Å². The number of nitrogens with two attached hydrogens (primary N) is 1. The van der Waals surface area contributed by atoms with Crippen molar-refractivity contribution < 1.29 is 13.9 Å². The quantitative estimate of drug-likeness (QED) is 0.772. The predicted molar refractivity (Wildman–Crippen MR) is 47.4 cm³/mol. The summed E-state index contributed by atoms with van der Waals surface area (Å²) in [4.78, 5) is 0. The van der Waals surface area contributed by atoms with Gasteiger partial charge in [-0.2, -0.15) is 0 Å². The molecule has 3 nitrogen and oxygen atoms in total. The highest BCUT2D eigenvalue weighted by molar-refractivity contribution is 5.41. The second-order valence-corrected chi connectivity index (χ2v) is 2.50. The number of methoxy groups -OCH3 is 2. The van der Waals surface area contributed by atoms with Crippen molar-refractivity contribution in [2.75, 3.05) is 14.2 Å². The van der Waals surface area contributed by atoms with Gasteiger partial charge in [-0.1, -0.05) is 0 Å². The Kier molecular flexibility index (Phi) is 3.08. The first-order chi connectivity index (χ1) is 6.22. The van der Waals surface area contributed by atoms with Crippen molar-refractivity contribution >= 4 is 0 Å². The van der Waals surface area contributed by atoms with Gasteiger partial charge in [0.25, 0.3) is 0 Å². The number of ether oxygens (including phenoxy) is 2. The number of halogens is 1. The van der Waals surface area contributed by atoms with E-state index in [1.165, 1.54) is 26.4 Å². The SMILES string of the molecule is COc1cc(CN)c(OC)cc1F. The average Bonchev–Trinajstić information content (AvgIpc) is 2.17. The highest BCUT2D eigenvalue weighted by atomic mass is 19.1. The standard InChI is InChI=1S/C9H12FNO2/c1-12-8-4-7(10)9(13-2)3-6(8)5-11/h3-4H,5,11H2,1-2H3. The molecule has 2 N–H and O–H groups in total. The molecule has 13 heavy (non-hydrogen) atoms. The summed E-state index contributed by atoms with van der Waals surface area (Å²) in [7, 11) is 2.88. The normalized spacial score (nSPS) is 9.85. The van der Waals surface area contributed by atoms with Gasteiger partial charge < -0.3 is 15.2 Å². The topological polar surface area (TPSA) is 44.5 Å². The van der Waals surface area contributed by atoms with Gasteiger partial charge >= 0.3 is 0 Å². The first kappa shape index (κ1) is 9.80. The molecular formula is C9H12FNO2. The third-order valence-corrected chi connectivity index (χ3v) is 1.77. The summed E-state index contributed by atoms with van der Waals surface area (Å²) in [5.74, 6) is 0.179. The maximum absolute atomic E-state index is 13.1. The maximum Gasteiger partial charge on any atom is 0.168 e. The van der Waals surface area contributed by atoms with Gasteiger partial charge in [0.1, 0.15) is 5.75 Å². The fraction of sp³-hybridized carbons (Fsp3) is 0.333. The molecule has 0 atom stereocenters. The zero-order chi connectivity index (χ0) is 9.84. The van der Waals surface area contributed by atoms with E-state index in [1.807, 2.05) is 0 Å².